The summed E-state index contributed by atoms with van der Waals surface area (Å²) in [6, 6.07) is 0. The molecule has 1 unspecified atom stereocenters. The van der Waals surface area contributed by atoms with Crippen molar-refractivity contribution in [2.45, 2.75) is 38.4 Å². The van der Waals surface area contributed by atoms with E-state index in [1.54, 1.807) is 20.8 Å². The summed E-state index contributed by atoms with van der Waals surface area (Å²) in [6.45, 7) is 6.05. The molecule has 2 rings (SSSR count). The van der Waals surface area contributed by atoms with Crippen LogP contribution in [0.5, 0.6) is 0 Å². The van der Waals surface area contributed by atoms with Crippen LogP contribution in [0.2, 0.25) is 0 Å². The lowest BCUT2D eigenvalue weighted by molar-refractivity contribution is -0.176. The summed E-state index contributed by atoms with van der Waals surface area (Å²) in [4.78, 5) is 24.8. The van der Waals surface area contributed by atoms with E-state index in [1.807, 2.05) is 0 Å². The number of nitrogens with one attached hydrogen (secondary N) is 1. The van der Waals surface area contributed by atoms with Crippen molar-refractivity contribution in [3.63, 3.8) is 0 Å². The van der Waals surface area contributed by atoms with Gasteiger partial charge in [-0.2, -0.15) is 0 Å². The number of carboxylic acids is 1. The van der Waals surface area contributed by atoms with Crippen LogP contribution in [-0.2, 0) is 9.53 Å². The Labute approximate surface area is 117 Å². The molecule has 0 saturated carbocycles. The van der Waals surface area contributed by atoms with Crippen molar-refractivity contribution in [1.29, 1.82) is 0 Å². The molecule has 2 saturated heterocycles. The normalized spacial score (nSPS) is 28.9. The van der Waals surface area contributed by atoms with Crippen molar-refractivity contribution in [2.75, 3.05) is 26.2 Å². The average molecular weight is 286 g/mol. The molecule has 2 aliphatic rings. The van der Waals surface area contributed by atoms with Gasteiger partial charge in [0.1, 0.15) is 16.6 Å². The Balaban J connectivity index is 2.08. The van der Waals surface area contributed by atoms with Crippen LogP contribution in [0.4, 0.5) is 4.79 Å². The number of aliphatic carboxylic acids is 1. The number of carboxylic acid groups (broad SMARTS) is 1. The number of ether oxygens (including phenoxy) is 1. The summed E-state index contributed by atoms with van der Waals surface area (Å²) in [5.41, 5.74) is -3.22. The third kappa shape index (κ3) is 2.35. The smallest absolute Gasteiger partial charge is 0.410 e. The lowest BCUT2D eigenvalue weighted by Gasteiger charge is -2.48. The van der Waals surface area contributed by atoms with E-state index in [9.17, 15) is 19.8 Å². The monoisotopic (exact) mass is 286 g/mol. The highest BCUT2D eigenvalue weighted by atomic mass is 16.6. The Kier molecular flexibility index (Phi) is 3.46. The number of aliphatic hydroxyl groups is 1. The number of likely N-dealkylation sites (tertiary alicyclic amines) is 1. The third-order valence-corrected chi connectivity index (χ3v) is 4.05. The molecular formula is C13H22N2O5. The van der Waals surface area contributed by atoms with Crippen LogP contribution >= 0.6 is 0 Å². The molecule has 0 radical (unpaired) electrons. The first-order chi connectivity index (χ1) is 9.10. The molecule has 0 aliphatic carbocycles. The predicted octanol–water partition coefficient (Wildman–Crippen LogP) is 0.0325. The van der Waals surface area contributed by atoms with Crippen molar-refractivity contribution in [3.8, 4) is 0 Å². The van der Waals surface area contributed by atoms with Crippen LogP contribution in [0.15, 0.2) is 0 Å². The molecule has 20 heavy (non-hydrogen) atoms. The van der Waals surface area contributed by atoms with Gasteiger partial charge in [-0.05, 0) is 27.2 Å². The number of carbonyl (C=O) groups is 2. The van der Waals surface area contributed by atoms with Crippen molar-refractivity contribution in [1.82, 2.24) is 10.2 Å². The third-order valence-electron chi connectivity index (χ3n) is 4.05. The summed E-state index contributed by atoms with van der Waals surface area (Å²) in [5, 5.41) is 23.0. The SMILES string of the molecule is CC(C)(C)OC(=O)N1CCC(O)(C2(C(=O)O)CNC2)C1. The van der Waals surface area contributed by atoms with E-state index in [4.69, 9.17) is 4.74 Å². The topological polar surface area (TPSA) is 99.1 Å². The van der Waals surface area contributed by atoms with E-state index in [-0.39, 0.29) is 26.1 Å². The molecule has 0 aromatic heterocycles. The highest BCUT2D eigenvalue weighted by Gasteiger charge is 2.62. The first-order valence-corrected chi connectivity index (χ1v) is 6.74. The van der Waals surface area contributed by atoms with Gasteiger partial charge in [0.05, 0.1) is 6.54 Å². The number of β-amino-alcohol motifs (C(OH)–C–C–N with tert-alkyl or cyclic N) is 1. The fourth-order valence-electron chi connectivity index (χ4n) is 2.72. The lowest BCUT2D eigenvalue weighted by Crippen LogP contribution is -2.70. The second kappa shape index (κ2) is 4.60. The summed E-state index contributed by atoms with van der Waals surface area (Å²) in [6.07, 6.45) is -0.263. The van der Waals surface area contributed by atoms with Crippen LogP contribution in [0.3, 0.4) is 0 Å². The van der Waals surface area contributed by atoms with E-state index >= 15 is 0 Å². The number of amides is 1. The van der Waals surface area contributed by atoms with Gasteiger partial charge in [-0.1, -0.05) is 0 Å². The van der Waals surface area contributed by atoms with E-state index in [0.29, 0.717) is 6.54 Å². The number of hydrogen-bond acceptors (Lipinski definition) is 5. The van der Waals surface area contributed by atoms with E-state index in [1.165, 1.54) is 4.90 Å². The molecule has 2 heterocycles. The minimum absolute atomic E-state index is 0.00407. The number of carbonyl (C=O) groups excluding carboxylic acids is 1. The van der Waals surface area contributed by atoms with Crippen LogP contribution in [0, 0.1) is 5.41 Å². The van der Waals surface area contributed by atoms with Gasteiger partial charge < -0.3 is 25.2 Å². The molecule has 2 fully saturated rings. The zero-order valence-corrected chi connectivity index (χ0v) is 12.1. The van der Waals surface area contributed by atoms with Gasteiger partial charge in [-0.15, -0.1) is 0 Å². The van der Waals surface area contributed by atoms with Gasteiger partial charge in [0.25, 0.3) is 0 Å². The van der Waals surface area contributed by atoms with Gasteiger partial charge in [-0.25, -0.2) is 4.79 Å². The van der Waals surface area contributed by atoms with Crippen molar-refractivity contribution < 1.29 is 24.5 Å². The minimum atomic E-state index is -1.40. The largest absolute Gasteiger partial charge is 0.481 e. The fraction of sp³-hybridized carbons (Fsp3) is 0.846. The van der Waals surface area contributed by atoms with Crippen molar-refractivity contribution in [2.24, 2.45) is 5.41 Å². The number of hydrogen-bond donors (Lipinski definition) is 3. The number of rotatable bonds is 2. The Morgan fingerprint density at radius 1 is 1.30 bits per heavy atom. The number of nitrogens with zero attached hydrogens (tertiary/aromatic N) is 1. The maximum absolute atomic E-state index is 12.0. The zero-order chi connectivity index (χ0) is 15.2. The van der Waals surface area contributed by atoms with Gasteiger partial charge in [0.2, 0.25) is 0 Å². The molecular weight excluding hydrogens is 264 g/mol. The van der Waals surface area contributed by atoms with Gasteiger partial charge in [-0.3, -0.25) is 4.79 Å². The molecule has 114 valence electrons. The highest BCUT2D eigenvalue weighted by Crippen LogP contribution is 2.42. The molecule has 2 aliphatic heterocycles. The van der Waals surface area contributed by atoms with Crippen molar-refractivity contribution >= 4 is 12.1 Å². The zero-order valence-electron chi connectivity index (χ0n) is 12.1. The van der Waals surface area contributed by atoms with Gasteiger partial charge >= 0.3 is 12.1 Å². The lowest BCUT2D eigenvalue weighted by atomic mass is 9.67. The Bertz CT molecular complexity index is 427. The molecule has 7 nitrogen and oxygen atoms in total. The summed E-state index contributed by atoms with van der Waals surface area (Å²) >= 11 is 0. The van der Waals surface area contributed by atoms with Crippen molar-refractivity contribution in [3.05, 3.63) is 0 Å². The Hall–Kier alpha value is -1.34. The van der Waals surface area contributed by atoms with E-state index in [0.717, 1.165) is 0 Å². The second-order valence-corrected chi connectivity index (χ2v) is 6.67. The first kappa shape index (κ1) is 15.1. The molecule has 0 aromatic carbocycles. The van der Waals surface area contributed by atoms with Crippen LogP contribution < -0.4 is 5.32 Å². The van der Waals surface area contributed by atoms with Crippen LogP contribution in [0.1, 0.15) is 27.2 Å². The molecule has 0 bridgehead atoms. The molecule has 1 amide bonds. The first-order valence-electron chi connectivity index (χ1n) is 6.74. The molecule has 1 atom stereocenters. The quantitative estimate of drug-likeness (QED) is 0.662. The molecule has 7 heteroatoms. The summed E-state index contributed by atoms with van der Waals surface area (Å²) in [7, 11) is 0. The molecule has 0 aromatic rings. The van der Waals surface area contributed by atoms with Crippen LogP contribution in [-0.4, -0.2) is 64.6 Å². The second-order valence-electron chi connectivity index (χ2n) is 6.67. The van der Waals surface area contributed by atoms with E-state index in [2.05, 4.69) is 5.32 Å². The minimum Gasteiger partial charge on any atom is -0.481 e. The maximum Gasteiger partial charge on any atom is 0.410 e. The summed E-state index contributed by atoms with van der Waals surface area (Å²) < 4.78 is 5.25. The fourth-order valence-corrected chi connectivity index (χ4v) is 2.72. The van der Waals surface area contributed by atoms with Gasteiger partial charge in [0.15, 0.2) is 0 Å². The van der Waals surface area contributed by atoms with E-state index < -0.39 is 28.7 Å². The average Bonchev–Trinajstić information content (AvgIpc) is 2.56. The Morgan fingerprint density at radius 2 is 1.90 bits per heavy atom. The summed E-state index contributed by atoms with van der Waals surface area (Å²) in [5.74, 6) is -1.02. The maximum atomic E-state index is 12.0. The predicted molar refractivity (Wildman–Crippen MR) is 70.3 cm³/mol. The Morgan fingerprint density at radius 3 is 2.30 bits per heavy atom. The molecule has 0 spiro atoms. The van der Waals surface area contributed by atoms with Gasteiger partial charge in [0, 0.05) is 19.6 Å². The standard InChI is InChI=1S/C13H22N2O5/c1-11(2,3)20-10(18)15-5-4-13(19,8-15)12(9(16)17)6-14-7-12/h14,19H,4-8H2,1-3H3,(H,16,17). The van der Waals surface area contributed by atoms with Crippen LogP contribution in [0.25, 0.3) is 0 Å². The molecule has 3 N–H and O–H groups in total. The highest BCUT2D eigenvalue weighted by molar-refractivity contribution is 5.79.